The van der Waals surface area contributed by atoms with Gasteiger partial charge in [-0.2, -0.15) is 0 Å². The van der Waals surface area contributed by atoms with Gasteiger partial charge in [0.1, 0.15) is 11.5 Å². The van der Waals surface area contributed by atoms with Crippen LogP contribution in [0.5, 0.6) is 11.5 Å². The summed E-state index contributed by atoms with van der Waals surface area (Å²) in [4.78, 5) is 37.6. The number of halogens is 3. The van der Waals surface area contributed by atoms with Crippen molar-refractivity contribution in [2.75, 3.05) is 16.8 Å². The molecule has 212 valence electrons. The van der Waals surface area contributed by atoms with E-state index in [2.05, 4.69) is 15.4 Å². The summed E-state index contributed by atoms with van der Waals surface area (Å²) in [6.45, 7) is 3.85. The van der Waals surface area contributed by atoms with Crippen molar-refractivity contribution in [3.8, 4) is 11.5 Å². The average Bonchev–Trinajstić information content (AvgIpc) is 2.88. The second kappa shape index (κ2) is 13.4. The maximum absolute atomic E-state index is 13.3. The Labute approximate surface area is 228 Å². The number of benzene rings is 3. The molecule has 0 aliphatic heterocycles. The number of amides is 3. The van der Waals surface area contributed by atoms with Crippen LogP contribution in [-0.2, 0) is 11.3 Å². The third kappa shape index (κ3) is 9.53. The van der Waals surface area contributed by atoms with Crippen molar-refractivity contribution in [3.05, 3.63) is 83.9 Å². The van der Waals surface area contributed by atoms with Crippen molar-refractivity contribution < 1.29 is 42.1 Å². The van der Waals surface area contributed by atoms with E-state index in [4.69, 9.17) is 9.84 Å². The van der Waals surface area contributed by atoms with Gasteiger partial charge >= 0.3 is 18.4 Å². The molecular weight excluding hydrogens is 531 g/mol. The van der Waals surface area contributed by atoms with Gasteiger partial charge in [-0.3, -0.25) is 14.5 Å². The van der Waals surface area contributed by atoms with Gasteiger partial charge in [0.15, 0.2) is 0 Å². The second-order valence-electron chi connectivity index (χ2n) is 8.85. The molecule has 0 heterocycles. The van der Waals surface area contributed by atoms with Crippen molar-refractivity contribution >= 4 is 29.3 Å². The summed E-state index contributed by atoms with van der Waals surface area (Å²) in [5.41, 5.74) is 1.76. The smallest absolute Gasteiger partial charge is 0.491 e. The van der Waals surface area contributed by atoms with Gasteiger partial charge in [0.25, 0.3) is 5.91 Å². The van der Waals surface area contributed by atoms with E-state index in [1.807, 2.05) is 13.8 Å². The van der Waals surface area contributed by atoms with Crippen LogP contribution in [0.1, 0.15) is 36.2 Å². The summed E-state index contributed by atoms with van der Waals surface area (Å²) in [5.74, 6) is -1.27. The lowest BCUT2D eigenvalue weighted by molar-refractivity contribution is -0.274. The van der Waals surface area contributed by atoms with Gasteiger partial charge in [0, 0.05) is 23.5 Å². The van der Waals surface area contributed by atoms with Gasteiger partial charge in [-0.05, 0) is 80.1 Å². The van der Waals surface area contributed by atoms with E-state index in [-0.39, 0.29) is 31.3 Å². The molecule has 3 N–H and O–H groups in total. The van der Waals surface area contributed by atoms with E-state index in [1.54, 1.807) is 48.5 Å². The summed E-state index contributed by atoms with van der Waals surface area (Å²) in [6, 6.07) is 17.4. The molecule has 3 aromatic carbocycles. The number of rotatable bonds is 11. The Morgan fingerprint density at radius 2 is 1.50 bits per heavy atom. The fourth-order valence-electron chi connectivity index (χ4n) is 3.52. The van der Waals surface area contributed by atoms with Crippen LogP contribution in [0.25, 0.3) is 0 Å². The fourth-order valence-corrected chi connectivity index (χ4v) is 3.52. The third-order valence-corrected chi connectivity index (χ3v) is 5.29. The Hall–Kier alpha value is -4.74. The predicted octanol–water partition coefficient (Wildman–Crippen LogP) is 5.82. The van der Waals surface area contributed by atoms with E-state index in [0.717, 1.165) is 12.1 Å². The molecule has 40 heavy (non-hydrogen) atoms. The largest absolute Gasteiger partial charge is 0.573 e. The van der Waals surface area contributed by atoms with E-state index in [0.29, 0.717) is 22.6 Å². The number of hydrogen-bond acceptors (Lipinski definition) is 5. The number of alkyl halides is 3. The number of carboxylic acids is 1. The fraction of sp³-hybridized carbons (Fsp3) is 0.250. The van der Waals surface area contributed by atoms with Crippen molar-refractivity contribution in [2.24, 2.45) is 0 Å². The molecule has 0 aromatic heterocycles. The molecule has 0 aliphatic carbocycles. The van der Waals surface area contributed by atoms with E-state index in [9.17, 15) is 27.6 Å². The number of hydrogen-bond donors (Lipinski definition) is 3. The topological polar surface area (TPSA) is 117 Å². The minimum Gasteiger partial charge on any atom is -0.491 e. The van der Waals surface area contributed by atoms with Crippen LogP contribution >= 0.6 is 0 Å². The molecule has 3 aromatic rings. The van der Waals surface area contributed by atoms with Crippen LogP contribution in [0.2, 0.25) is 0 Å². The molecule has 0 fully saturated rings. The number of anilines is 2. The Bertz CT molecular complexity index is 1290. The molecule has 0 saturated carbocycles. The van der Waals surface area contributed by atoms with Gasteiger partial charge < -0.3 is 25.2 Å². The molecule has 3 rings (SSSR count). The predicted molar refractivity (Wildman–Crippen MR) is 142 cm³/mol. The Morgan fingerprint density at radius 1 is 0.900 bits per heavy atom. The van der Waals surface area contributed by atoms with Crippen LogP contribution < -0.4 is 25.0 Å². The molecule has 9 nitrogen and oxygen atoms in total. The van der Waals surface area contributed by atoms with Gasteiger partial charge in [-0.15, -0.1) is 13.2 Å². The summed E-state index contributed by atoms with van der Waals surface area (Å²) in [7, 11) is 0. The standard InChI is InChI=1S/C28H28F3N3O6/c1-18(2)39-23-13-9-22(10-14-23)34(27(38)33-21-7-11-24(12-8-21)40-28(29,30)31)17-19-3-5-20(6-4-19)26(37)32-16-15-25(35)36/h3-14,18H,15-17H2,1-2H3,(H,32,37)(H,33,38)(H,35,36). The molecule has 0 saturated heterocycles. The summed E-state index contributed by atoms with van der Waals surface area (Å²) >= 11 is 0. The van der Waals surface area contributed by atoms with Gasteiger partial charge in [0.2, 0.25) is 0 Å². The van der Waals surface area contributed by atoms with Crippen LogP contribution in [0.3, 0.4) is 0 Å². The highest BCUT2D eigenvalue weighted by atomic mass is 19.4. The number of nitrogens with one attached hydrogen (secondary N) is 2. The summed E-state index contributed by atoms with van der Waals surface area (Å²) < 4.78 is 46.9. The quantitative estimate of drug-likeness (QED) is 0.273. The molecule has 0 aliphatic rings. The minimum absolute atomic E-state index is 0.0102. The minimum atomic E-state index is -4.83. The van der Waals surface area contributed by atoms with E-state index >= 15 is 0 Å². The zero-order chi connectivity index (χ0) is 29.3. The SMILES string of the molecule is CC(C)Oc1ccc(N(Cc2ccc(C(=O)NCCC(=O)O)cc2)C(=O)Nc2ccc(OC(F)(F)F)cc2)cc1. The van der Waals surface area contributed by atoms with Crippen molar-refractivity contribution in [1.82, 2.24) is 5.32 Å². The van der Waals surface area contributed by atoms with Gasteiger partial charge in [0.05, 0.1) is 19.1 Å². The first kappa shape index (κ1) is 29.8. The molecular formula is C28H28F3N3O6. The normalized spacial score (nSPS) is 11.1. The van der Waals surface area contributed by atoms with Crippen molar-refractivity contribution in [2.45, 2.75) is 39.3 Å². The second-order valence-corrected chi connectivity index (χ2v) is 8.85. The maximum atomic E-state index is 13.3. The molecule has 0 spiro atoms. The lowest BCUT2D eigenvalue weighted by Crippen LogP contribution is -2.34. The molecule has 3 amide bonds. The Kier molecular flexibility index (Phi) is 9.96. The Morgan fingerprint density at radius 3 is 2.05 bits per heavy atom. The third-order valence-electron chi connectivity index (χ3n) is 5.29. The van der Waals surface area contributed by atoms with E-state index in [1.165, 1.54) is 17.0 Å². The number of aliphatic carboxylic acids is 1. The first-order valence-electron chi connectivity index (χ1n) is 12.2. The highest BCUT2D eigenvalue weighted by Gasteiger charge is 2.31. The highest BCUT2D eigenvalue weighted by Crippen LogP contribution is 2.26. The molecule has 0 bridgehead atoms. The molecule has 12 heteroatoms. The first-order valence-corrected chi connectivity index (χ1v) is 12.2. The zero-order valence-electron chi connectivity index (χ0n) is 21.7. The zero-order valence-corrected chi connectivity index (χ0v) is 21.7. The van der Waals surface area contributed by atoms with Crippen LogP contribution in [0.15, 0.2) is 72.8 Å². The number of ether oxygens (including phenoxy) is 2. The van der Waals surface area contributed by atoms with Crippen LogP contribution in [0, 0.1) is 0 Å². The number of carbonyl (C=O) groups excluding carboxylic acids is 2. The lowest BCUT2D eigenvalue weighted by atomic mass is 10.1. The molecule has 0 atom stereocenters. The van der Waals surface area contributed by atoms with Gasteiger partial charge in [-0.25, -0.2) is 4.79 Å². The summed E-state index contributed by atoms with van der Waals surface area (Å²) in [6.07, 6.45) is -5.08. The van der Waals surface area contributed by atoms with Crippen molar-refractivity contribution in [3.63, 3.8) is 0 Å². The van der Waals surface area contributed by atoms with Crippen LogP contribution in [0.4, 0.5) is 29.3 Å². The van der Waals surface area contributed by atoms with E-state index < -0.39 is 30.0 Å². The number of carbonyl (C=O) groups is 3. The maximum Gasteiger partial charge on any atom is 0.573 e. The number of urea groups is 1. The molecule has 0 radical (unpaired) electrons. The molecule has 0 unspecified atom stereocenters. The Balaban J connectivity index is 1.77. The van der Waals surface area contributed by atoms with Gasteiger partial charge in [-0.1, -0.05) is 12.1 Å². The van der Waals surface area contributed by atoms with Crippen LogP contribution in [-0.4, -0.2) is 42.0 Å². The average molecular weight is 560 g/mol. The summed E-state index contributed by atoms with van der Waals surface area (Å²) in [5, 5.41) is 13.9. The monoisotopic (exact) mass is 559 g/mol. The number of nitrogens with zero attached hydrogens (tertiary/aromatic N) is 1. The highest BCUT2D eigenvalue weighted by molar-refractivity contribution is 6.01. The first-order chi connectivity index (χ1) is 18.9. The number of carboxylic acid groups (broad SMARTS) is 1. The lowest BCUT2D eigenvalue weighted by Gasteiger charge is -2.24. The van der Waals surface area contributed by atoms with Crippen molar-refractivity contribution in [1.29, 1.82) is 0 Å².